The molecule has 0 aliphatic rings. The first-order valence-corrected chi connectivity index (χ1v) is 7.84. The Hall–Kier alpha value is -2.20. The molecule has 0 unspecified atom stereocenters. The third-order valence-electron chi connectivity index (χ3n) is 3.78. The highest BCUT2D eigenvalue weighted by atomic mass is 16.5. The summed E-state index contributed by atoms with van der Waals surface area (Å²) < 4.78 is 16.8. The Kier molecular flexibility index (Phi) is 6.29. The number of ether oxygens (including phenoxy) is 3. The molecule has 0 aromatic heterocycles. The van der Waals surface area contributed by atoms with Crippen LogP contribution in [-0.2, 0) is 6.42 Å². The first kappa shape index (κ1) is 17.2. The fourth-order valence-electron chi connectivity index (χ4n) is 2.27. The van der Waals surface area contributed by atoms with Crippen LogP contribution in [0.5, 0.6) is 17.2 Å². The molecular weight excluding hydrogens is 290 g/mol. The van der Waals surface area contributed by atoms with Crippen LogP contribution in [0.15, 0.2) is 36.4 Å². The summed E-state index contributed by atoms with van der Waals surface area (Å²) in [6, 6.07) is 11.9. The zero-order valence-electron chi connectivity index (χ0n) is 14.1. The van der Waals surface area contributed by atoms with E-state index in [1.807, 2.05) is 30.3 Å². The highest BCUT2D eigenvalue weighted by Gasteiger charge is 2.06. The van der Waals surface area contributed by atoms with Crippen molar-refractivity contribution in [3.63, 3.8) is 0 Å². The van der Waals surface area contributed by atoms with E-state index in [1.165, 1.54) is 11.1 Å². The molecule has 2 aromatic carbocycles. The number of methoxy groups -OCH3 is 1. The minimum Gasteiger partial charge on any atom is -0.497 e. The maximum Gasteiger partial charge on any atom is 0.126 e. The van der Waals surface area contributed by atoms with E-state index in [4.69, 9.17) is 19.9 Å². The van der Waals surface area contributed by atoms with Crippen molar-refractivity contribution in [3.05, 3.63) is 53.1 Å². The Morgan fingerprint density at radius 2 is 1.61 bits per heavy atom. The van der Waals surface area contributed by atoms with Gasteiger partial charge in [0.2, 0.25) is 0 Å². The van der Waals surface area contributed by atoms with Gasteiger partial charge in [-0.2, -0.15) is 0 Å². The van der Waals surface area contributed by atoms with E-state index in [0.29, 0.717) is 19.8 Å². The molecule has 0 radical (unpaired) electrons. The van der Waals surface area contributed by atoms with E-state index in [-0.39, 0.29) is 0 Å². The lowest BCUT2D eigenvalue weighted by Crippen LogP contribution is -2.11. The van der Waals surface area contributed by atoms with E-state index in [0.717, 1.165) is 29.2 Å². The smallest absolute Gasteiger partial charge is 0.126 e. The van der Waals surface area contributed by atoms with Gasteiger partial charge in [0.05, 0.1) is 7.11 Å². The zero-order chi connectivity index (χ0) is 16.7. The minimum atomic E-state index is 0.470. The molecule has 0 heterocycles. The maximum atomic E-state index is 5.85. The van der Waals surface area contributed by atoms with Crippen molar-refractivity contribution in [2.45, 2.75) is 20.3 Å². The SMILES string of the molecule is COc1ccc(CCN)c(OCCOc2ccc(C)c(C)c2)c1. The number of hydrogen-bond donors (Lipinski definition) is 1. The summed E-state index contributed by atoms with van der Waals surface area (Å²) in [6.07, 6.45) is 0.775. The lowest BCUT2D eigenvalue weighted by atomic mass is 10.1. The van der Waals surface area contributed by atoms with Gasteiger partial charge in [0, 0.05) is 6.07 Å². The Labute approximate surface area is 138 Å². The summed E-state index contributed by atoms with van der Waals surface area (Å²) in [5.41, 5.74) is 9.21. The Balaban J connectivity index is 1.91. The zero-order valence-corrected chi connectivity index (χ0v) is 14.1. The van der Waals surface area contributed by atoms with E-state index in [1.54, 1.807) is 7.11 Å². The second-order valence-electron chi connectivity index (χ2n) is 5.46. The molecule has 23 heavy (non-hydrogen) atoms. The summed E-state index contributed by atoms with van der Waals surface area (Å²) in [5, 5.41) is 0. The van der Waals surface area contributed by atoms with Crippen molar-refractivity contribution < 1.29 is 14.2 Å². The van der Waals surface area contributed by atoms with E-state index in [2.05, 4.69) is 19.9 Å². The van der Waals surface area contributed by atoms with Crippen LogP contribution < -0.4 is 19.9 Å². The van der Waals surface area contributed by atoms with Gasteiger partial charge in [-0.25, -0.2) is 0 Å². The topological polar surface area (TPSA) is 53.7 Å². The Morgan fingerprint density at radius 3 is 2.30 bits per heavy atom. The van der Waals surface area contributed by atoms with Crippen LogP contribution in [-0.4, -0.2) is 26.9 Å². The molecule has 2 rings (SSSR count). The Bertz CT molecular complexity index is 641. The van der Waals surface area contributed by atoms with Crippen molar-refractivity contribution in [1.29, 1.82) is 0 Å². The summed E-state index contributed by atoms with van der Waals surface area (Å²) in [7, 11) is 1.64. The quantitative estimate of drug-likeness (QED) is 0.760. The molecule has 0 atom stereocenters. The number of hydrogen-bond acceptors (Lipinski definition) is 4. The van der Waals surface area contributed by atoms with Crippen molar-refractivity contribution >= 4 is 0 Å². The number of rotatable bonds is 8. The van der Waals surface area contributed by atoms with Gasteiger partial charge in [-0.05, 0) is 61.7 Å². The summed E-state index contributed by atoms with van der Waals surface area (Å²) in [4.78, 5) is 0. The fraction of sp³-hybridized carbons (Fsp3) is 0.368. The predicted molar refractivity (Wildman–Crippen MR) is 92.7 cm³/mol. The molecule has 0 fully saturated rings. The van der Waals surface area contributed by atoms with Crippen LogP contribution in [0.3, 0.4) is 0 Å². The van der Waals surface area contributed by atoms with Gasteiger partial charge in [0.1, 0.15) is 30.5 Å². The van der Waals surface area contributed by atoms with Gasteiger partial charge in [-0.1, -0.05) is 12.1 Å². The van der Waals surface area contributed by atoms with Gasteiger partial charge in [-0.3, -0.25) is 0 Å². The maximum absolute atomic E-state index is 5.85. The monoisotopic (exact) mass is 315 g/mol. The van der Waals surface area contributed by atoms with Crippen LogP contribution >= 0.6 is 0 Å². The normalized spacial score (nSPS) is 10.4. The lowest BCUT2D eigenvalue weighted by Gasteiger charge is -2.13. The van der Waals surface area contributed by atoms with Crippen molar-refractivity contribution in [2.24, 2.45) is 5.73 Å². The first-order chi connectivity index (χ1) is 11.1. The van der Waals surface area contributed by atoms with E-state index < -0.39 is 0 Å². The third kappa shape index (κ3) is 4.89. The predicted octanol–water partition coefficient (Wildman–Crippen LogP) is 3.27. The van der Waals surface area contributed by atoms with Gasteiger partial charge in [0.15, 0.2) is 0 Å². The molecule has 0 spiro atoms. The second kappa shape index (κ2) is 8.44. The van der Waals surface area contributed by atoms with Gasteiger partial charge >= 0.3 is 0 Å². The van der Waals surface area contributed by atoms with Crippen LogP contribution in [0.4, 0.5) is 0 Å². The minimum absolute atomic E-state index is 0.470. The first-order valence-electron chi connectivity index (χ1n) is 7.84. The van der Waals surface area contributed by atoms with Crippen LogP contribution in [0, 0.1) is 13.8 Å². The highest BCUT2D eigenvalue weighted by Crippen LogP contribution is 2.25. The highest BCUT2D eigenvalue weighted by molar-refractivity contribution is 5.41. The van der Waals surface area contributed by atoms with Crippen LogP contribution in [0.25, 0.3) is 0 Å². The van der Waals surface area contributed by atoms with Gasteiger partial charge < -0.3 is 19.9 Å². The van der Waals surface area contributed by atoms with Crippen molar-refractivity contribution in [3.8, 4) is 17.2 Å². The van der Waals surface area contributed by atoms with Crippen molar-refractivity contribution in [2.75, 3.05) is 26.9 Å². The average Bonchev–Trinajstić information content (AvgIpc) is 2.56. The Morgan fingerprint density at radius 1 is 0.870 bits per heavy atom. The molecule has 0 bridgehead atoms. The molecule has 4 nitrogen and oxygen atoms in total. The number of benzene rings is 2. The largest absolute Gasteiger partial charge is 0.497 e. The molecule has 124 valence electrons. The van der Waals surface area contributed by atoms with Crippen LogP contribution in [0.1, 0.15) is 16.7 Å². The number of aryl methyl sites for hydroxylation is 2. The molecular formula is C19H25NO3. The summed E-state index contributed by atoms with van der Waals surface area (Å²) >= 11 is 0. The molecule has 0 amide bonds. The third-order valence-corrected chi connectivity index (χ3v) is 3.78. The lowest BCUT2D eigenvalue weighted by molar-refractivity contribution is 0.215. The molecule has 0 aliphatic heterocycles. The second-order valence-corrected chi connectivity index (χ2v) is 5.46. The fourth-order valence-corrected chi connectivity index (χ4v) is 2.27. The summed E-state index contributed by atoms with van der Waals surface area (Å²) in [6.45, 7) is 5.71. The summed E-state index contributed by atoms with van der Waals surface area (Å²) in [5.74, 6) is 2.44. The van der Waals surface area contributed by atoms with Gasteiger partial charge in [0.25, 0.3) is 0 Å². The van der Waals surface area contributed by atoms with E-state index >= 15 is 0 Å². The van der Waals surface area contributed by atoms with E-state index in [9.17, 15) is 0 Å². The van der Waals surface area contributed by atoms with Crippen molar-refractivity contribution in [1.82, 2.24) is 0 Å². The molecule has 2 N–H and O–H groups in total. The number of nitrogens with two attached hydrogens (primary N) is 1. The van der Waals surface area contributed by atoms with Crippen LogP contribution in [0.2, 0.25) is 0 Å². The standard InChI is InChI=1S/C19H25NO3/c1-14-4-6-18(12-15(14)2)22-10-11-23-19-13-17(21-3)7-5-16(19)8-9-20/h4-7,12-13H,8-11,20H2,1-3H3. The molecule has 0 saturated heterocycles. The molecule has 0 aliphatic carbocycles. The average molecular weight is 315 g/mol. The van der Waals surface area contributed by atoms with Gasteiger partial charge in [-0.15, -0.1) is 0 Å². The molecule has 4 heteroatoms. The molecule has 0 saturated carbocycles. The molecule has 2 aromatic rings.